The standard InChI is InChI=1S/C16H27N5O8S/c1-6(2)12(21-13(25)7(17)3-11(23)24)15(27)19-8(4-10(18)22)14(26)20-9(5-30)16(28)29/h6-9,12,30H,3-5,17H2,1-2H3,(H2,18,22)(H,19,27)(H,20,26)(H,21,25)(H,23,24)(H,28,29). The smallest absolute Gasteiger partial charge is 0.327 e. The number of hydrogen-bond acceptors (Lipinski definition) is 8. The van der Waals surface area contributed by atoms with Crippen LogP contribution in [0.15, 0.2) is 0 Å². The van der Waals surface area contributed by atoms with Gasteiger partial charge in [-0.15, -0.1) is 0 Å². The van der Waals surface area contributed by atoms with Crippen LogP contribution in [0.3, 0.4) is 0 Å². The van der Waals surface area contributed by atoms with Crippen LogP contribution in [0.25, 0.3) is 0 Å². The van der Waals surface area contributed by atoms with Gasteiger partial charge in [0.1, 0.15) is 18.1 Å². The summed E-state index contributed by atoms with van der Waals surface area (Å²) in [6.07, 6.45) is -1.29. The van der Waals surface area contributed by atoms with Gasteiger partial charge in [-0.3, -0.25) is 24.0 Å². The number of nitrogens with two attached hydrogens (primary N) is 2. The predicted octanol–water partition coefficient (Wildman–Crippen LogP) is -3.21. The summed E-state index contributed by atoms with van der Waals surface area (Å²) in [7, 11) is 0. The molecular formula is C16H27N5O8S. The van der Waals surface area contributed by atoms with Crippen LogP contribution < -0.4 is 27.4 Å². The summed E-state index contributed by atoms with van der Waals surface area (Å²) >= 11 is 3.80. The van der Waals surface area contributed by atoms with Gasteiger partial charge in [-0.1, -0.05) is 13.8 Å². The molecular weight excluding hydrogens is 422 g/mol. The van der Waals surface area contributed by atoms with E-state index < -0.39 is 78.5 Å². The summed E-state index contributed by atoms with van der Waals surface area (Å²) < 4.78 is 0. The molecule has 0 saturated carbocycles. The first kappa shape index (κ1) is 27.1. The third-order valence-electron chi connectivity index (χ3n) is 3.81. The van der Waals surface area contributed by atoms with E-state index in [1.165, 1.54) is 0 Å². The minimum atomic E-state index is -1.51. The maximum absolute atomic E-state index is 12.6. The van der Waals surface area contributed by atoms with Gasteiger partial charge < -0.3 is 37.6 Å². The lowest BCUT2D eigenvalue weighted by Crippen LogP contribution is -2.59. The van der Waals surface area contributed by atoms with E-state index in [2.05, 4.69) is 28.6 Å². The highest BCUT2D eigenvalue weighted by atomic mass is 32.1. The van der Waals surface area contributed by atoms with Gasteiger partial charge >= 0.3 is 11.9 Å². The second-order valence-electron chi connectivity index (χ2n) is 6.75. The van der Waals surface area contributed by atoms with Gasteiger partial charge in [-0.05, 0) is 5.92 Å². The van der Waals surface area contributed by atoms with Crippen LogP contribution in [0.1, 0.15) is 26.7 Å². The Morgan fingerprint density at radius 2 is 1.40 bits per heavy atom. The van der Waals surface area contributed by atoms with Crippen LogP contribution in [0.2, 0.25) is 0 Å². The number of carbonyl (C=O) groups is 6. The zero-order valence-corrected chi connectivity index (χ0v) is 17.3. The molecule has 0 bridgehead atoms. The normalized spacial score (nSPS) is 14.7. The topological polar surface area (TPSA) is 231 Å². The first-order chi connectivity index (χ1) is 13.8. The van der Waals surface area contributed by atoms with Crippen molar-refractivity contribution < 1.29 is 39.0 Å². The molecule has 0 aromatic heterocycles. The Morgan fingerprint density at radius 3 is 1.80 bits per heavy atom. The van der Waals surface area contributed by atoms with E-state index >= 15 is 0 Å². The first-order valence-corrected chi connectivity index (χ1v) is 9.43. The maximum atomic E-state index is 12.6. The Hall–Kier alpha value is -2.87. The van der Waals surface area contributed by atoms with Crippen molar-refractivity contribution in [3.8, 4) is 0 Å². The number of rotatable bonds is 13. The minimum absolute atomic E-state index is 0.246. The van der Waals surface area contributed by atoms with Gasteiger partial charge in [0.05, 0.1) is 18.9 Å². The average Bonchev–Trinajstić information content (AvgIpc) is 2.61. The van der Waals surface area contributed by atoms with Crippen molar-refractivity contribution in [2.75, 3.05) is 5.75 Å². The number of nitrogens with one attached hydrogen (secondary N) is 3. The van der Waals surface area contributed by atoms with E-state index in [-0.39, 0.29) is 5.75 Å². The molecule has 0 heterocycles. The fraction of sp³-hybridized carbons (Fsp3) is 0.625. The summed E-state index contributed by atoms with van der Waals surface area (Å²) in [6, 6.07) is -5.51. The van der Waals surface area contributed by atoms with Crippen molar-refractivity contribution in [3.05, 3.63) is 0 Å². The number of thiol groups is 1. The molecule has 0 aromatic carbocycles. The van der Waals surface area contributed by atoms with Crippen molar-refractivity contribution in [3.63, 3.8) is 0 Å². The minimum Gasteiger partial charge on any atom is -0.481 e. The third-order valence-corrected chi connectivity index (χ3v) is 4.18. The fourth-order valence-electron chi connectivity index (χ4n) is 2.21. The second kappa shape index (κ2) is 12.6. The summed E-state index contributed by atoms with van der Waals surface area (Å²) in [5, 5.41) is 24.4. The Kier molecular flexibility index (Phi) is 11.4. The van der Waals surface area contributed by atoms with E-state index in [1.54, 1.807) is 13.8 Å². The predicted molar refractivity (Wildman–Crippen MR) is 106 cm³/mol. The zero-order valence-electron chi connectivity index (χ0n) is 16.5. The van der Waals surface area contributed by atoms with E-state index in [0.29, 0.717) is 0 Å². The van der Waals surface area contributed by atoms with Crippen molar-refractivity contribution in [2.24, 2.45) is 17.4 Å². The summed E-state index contributed by atoms with van der Waals surface area (Å²) in [5.41, 5.74) is 10.6. The van der Waals surface area contributed by atoms with E-state index in [4.69, 9.17) is 21.7 Å². The van der Waals surface area contributed by atoms with Gasteiger partial charge in [0.25, 0.3) is 0 Å². The van der Waals surface area contributed by atoms with Crippen LogP contribution in [0.5, 0.6) is 0 Å². The number of carboxylic acid groups (broad SMARTS) is 2. The van der Waals surface area contributed by atoms with Gasteiger partial charge in [-0.25, -0.2) is 4.79 Å². The molecule has 9 N–H and O–H groups in total. The van der Waals surface area contributed by atoms with Crippen molar-refractivity contribution in [1.82, 2.24) is 16.0 Å². The van der Waals surface area contributed by atoms with Gasteiger partial charge in [0.2, 0.25) is 23.6 Å². The molecule has 0 rings (SSSR count). The first-order valence-electron chi connectivity index (χ1n) is 8.80. The molecule has 30 heavy (non-hydrogen) atoms. The molecule has 13 nitrogen and oxygen atoms in total. The number of aliphatic carboxylic acids is 2. The largest absolute Gasteiger partial charge is 0.481 e. The summed E-state index contributed by atoms with van der Waals surface area (Å²) in [6.45, 7) is 3.13. The maximum Gasteiger partial charge on any atom is 0.327 e. The van der Waals surface area contributed by atoms with Gasteiger partial charge in [0.15, 0.2) is 0 Å². The summed E-state index contributed by atoms with van der Waals surface area (Å²) in [5.74, 6) is -7.14. The quantitative estimate of drug-likeness (QED) is 0.132. The Morgan fingerprint density at radius 1 is 0.867 bits per heavy atom. The van der Waals surface area contributed by atoms with Crippen molar-refractivity contribution >= 4 is 48.2 Å². The molecule has 0 saturated heterocycles. The third kappa shape index (κ3) is 9.56. The molecule has 0 aliphatic carbocycles. The fourth-order valence-corrected chi connectivity index (χ4v) is 2.45. The highest BCUT2D eigenvalue weighted by Gasteiger charge is 2.32. The van der Waals surface area contributed by atoms with Crippen LogP contribution in [-0.4, -0.2) is 75.7 Å². The van der Waals surface area contributed by atoms with Crippen LogP contribution in [0, 0.1) is 5.92 Å². The SMILES string of the molecule is CC(C)C(NC(=O)C(N)CC(=O)O)C(=O)NC(CC(N)=O)C(=O)NC(CS)C(=O)O. The molecule has 0 aromatic rings. The van der Waals surface area contributed by atoms with Crippen LogP contribution >= 0.6 is 12.6 Å². The average molecular weight is 449 g/mol. The molecule has 14 heteroatoms. The van der Waals surface area contributed by atoms with E-state index in [9.17, 15) is 28.8 Å². The monoisotopic (exact) mass is 449 g/mol. The molecule has 170 valence electrons. The molecule has 4 atom stereocenters. The molecule has 0 fully saturated rings. The highest BCUT2D eigenvalue weighted by Crippen LogP contribution is 2.05. The lowest BCUT2D eigenvalue weighted by Gasteiger charge is -2.26. The number of hydrogen-bond donors (Lipinski definition) is 8. The molecule has 4 amide bonds. The van der Waals surface area contributed by atoms with E-state index in [0.717, 1.165) is 0 Å². The number of carbonyl (C=O) groups excluding carboxylic acids is 4. The lowest BCUT2D eigenvalue weighted by atomic mass is 10.0. The molecule has 0 radical (unpaired) electrons. The number of carboxylic acids is 2. The molecule has 4 unspecified atom stereocenters. The van der Waals surface area contributed by atoms with Crippen LogP contribution in [-0.2, 0) is 28.8 Å². The second-order valence-corrected chi connectivity index (χ2v) is 7.11. The number of primary amides is 1. The molecule has 0 spiro atoms. The Bertz CT molecular complexity index is 687. The van der Waals surface area contributed by atoms with Crippen LogP contribution in [0.4, 0.5) is 0 Å². The van der Waals surface area contributed by atoms with Gasteiger partial charge in [0, 0.05) is 5.75 Å². The molecule has 0 aliphatic heterocycles. The summed E-state index contributed by atoms with van der Waals surface area (Å²) in [4.78, 5) is 70.0. The zero-order chi connectivity index (χ0) is 23.6. The number of amides is 4. The Labute approximate surface area is 177 Å². The van der Waals surface area contributed by atoms with E-state index in [1.807, 2.05) is 0 Å². The highest BCUT2D eigenvalue weighted by molar-refractivity contribution is 7.80. The van der Waals surface area contributed by atoms with Gasteiger partial charge in [-0.2, -0.15) is 12.6 Å². The lowest BCUT2D eigenvalue weighted by molar-refractivity contribution is -0.141. The Balaban J connectivity index is 5.37. The van der Waals surface area contributed by atoms with Crippen molar-refractivity contribution in [1.29, 1.82) is 0 Å². The van der Waals surface area contributed by atoms with Crippen molar-refractivity contribution in [2.45, 2.75) is 50.9 Å². The molecule has 0 aliphatic rings.